The molecule has 0 aromatic heterocycles. The van der Waals surface area contributed by atoms with Gasteiger partial charge in [-0.3, -0.25) is 4.79 Å². The van der Waals surface area contributed by atoms with Crippen LogP contribution in [0.3, 0.4) is 0 Å². The van der Waals surface area contributed by atoms with Gasteiger partial charge in [-0.25, -0.2) is 4.39 Å². The van der Waals surface area contributed by atoms with Crippen molar-refractivity contribution in [2.75, 3.05) is 0 Å². The largest absolute Gasteiger partial charge is 0.309 e. The Morgan fingerprint density at radius 1 is 1.03 bits per heavy atom. The van der Waals surface area contributed by atoms with Crippen LogP contribution in [0.5, 0.6) is 0 Å². The first-order chi connectivity index (χ1) is 13.8. The Balaban J connectivity index is 1.55. The number of carbonyl (C=O) groups is 1. The monoisotopic (exact) mass is 394 g/mol. The van der Waals surface area contributed by atoms with E-state index in [0.29, 0.717) is 18.8 Å². The van der Waals surface area contributed by atoms with E-state index in [2.05, 4.69) is 19.1 Å². The molecule has 4 fully saturated rings. The maximum Gasteiger partial charge on any atom is 0.173 e. The molecule has 8 atom stereocenters. The van der Waals surface area contributed by atoms with Crippen LogP contribution in [0.15, 0.2) is 30.3 Å². The summed E-state index contributed by atoms with van der Waals surface area (Å²) in [6.07, 6.45) is 3.13. The Bertz CT molecular complexity index is 882. The molecule has 0 bridgehead atoms. The lowest BCUT2D eigenvalue weighted by Crippen LogP contribution is -2.58. The van der Waals surface area contributed by atoms with Gasteiger partial charge in [0.15, 0.2) is 12.0 Å². The molecule has 1 aromatic carbocycles. The molecule has 0 heterocycles. The van der Waals surface area contributed by atoms with Crippen LogP contribution in [0.25, 0.3) is 0 Å². The highest BCUT2D eigenvalue weighted by Crippen LogP contribution is 2.66. The first kappa shape index (κ1) is 19.1. The van der Waals surface area contributed by atoms with Crippen LogP contribution in [0.1, 0.15) is 63.9 Å². The van der Waals surface area contributed by atoms with E-state index in [0.717, 1.165) is 42.7 Å². The van der Waals surface area contributed by atoms with Gasteiger partial charge in [-0.2, -0.15) is 0 Å². The zero-order valence-electron chi connectivity index (χ0n) is 17.4. The minimum Gasteiger partial charge on any atom is -0.309 e. The first-order valence-electron chi connectivity index (χ1n) is 11.2. The average Bonchev–Trinajstić information content (AvgIpc) is 2.94. The van der Waals surface area contributed by atoms with Crippen molar-refractivity contribution >= 4 is 17.2 Å². The van der Waals surface area contributed by atoms with E-state index < -0.39 is 11.6 Å². The van der Waals surface area contributed by atoms with Crippen LogP contribution in [0.2, 0.25) is 0 Å². The zero-order chi connectivity index (χ0) is 20.6. The molecular formula is C25H31FN2O. The molecule has 0 spiro atoms. The lowest BCUT2D eigenvalue weighted by Gasteiger charge is -2.61. The van der Waals surface area contributed by atoms with Gasteiger partial charge in [-0.05, 0) is 67.3 Å². The van der Waals surface area contributed by atoms with E-state index in [4.69, 9.17) is 10.8 Å². The van der Waals surface area contributed by atoms with Gasteiger partial charge in [0.2, 0.25) is 0 Å². The van der Waals surface area contributed by atoms with E-state index in [1.807, 2.05) is 25.1 Å². The second-order valence-electron chi connectivity index (χ2n) is 10.5. The maximum absolute atomic E-state index is 14.5. The van der Waals surface area contributed by atoms with Crippen molar-refractivity contribution < 1.29 is 9.18 Å². The number of Topliss-reactive ketones (excluding diaryl/α,β-unsaturated/α-hetero) is 1. The molecule has 0 saturated heterocycles. The molecule has 29 heavy (non-hydrogen) atoms. The van der Waals surface area contributed by atoms with Crippen molar-refractivity contribution in [1.82, 2.24) is 0 Å². The number of alkyl halides is 1. The van der Waals surface area contributed by atoms with E-state index >= 15 is 0 Å². The number of rotatable bonds is 1. The van der Waals surface area contributed by atoms with Crippen molar-refractivity contribution in [2.24, 2.45) is 34.5 Å². The standard InChI is InChI=1S/C25H31FN2O/c1-24-11-9-19(27)21(14-6-4-3-5-7-14)22(24)20(28)12-15-16(24)8-10-25(2)17(15)13-18(26)23(25)29/h3-7,15-18,21-22,27-28H,8-13H2,1-2H3/t15?,16?,17?,18?,21?,22?,24-,25+/m1/s1. The van der Waals surface area contributed by atoms with E-state index in [1.165, 1.54) is 0 Å². The van der Waals surface area contributed by atoms with E-state index in [9.17, 15) is 9.18 Å². The molecule has 4 aliphatic rings. The molecule has 6 unspecified atom stereocenters. The average molecular weight is 395 g/mol. The molecule has 154 valence electrons. The molecule has 5 rings (SSSR count). The van der Waals surface area contributed by atoms with E-state index in [1.54, 1.807) is 0 Å². The van der Waals surface area contributed by atoms with Crippen LogP contribution >= 0.6 is 0 Å². The molecule has 0 radical (unpaired) electrons. The van der Waals surface area contributed by atoms with Gasteiger partial charge in [0.05, 0.1) is 0 Å². The zero-order valence-corrected chi connectivity index (χ0v) is 17.4. The second kappa shape index (κ2) is 6.33. The summed E-state index contributed by atoms with van der Waals surface area (Å²) in [5.41, 5.74) is 2.04. The number of benzene rings is 1. The third-order valence-corrected chi connectivity index (χ3v) is 9.32. The third-order valence-electron chi connectivity index (χ3n) is 9.32. The van der Waals surface area contributed by atoms with Gasteiger partial charge in [0, 0.05) is 28.7 Å². The van der Waals surface area contributed by atoms with Crippen LogP contribution < -0.4 is 0 Å². The molecule has 4 heteroatoms. The summed E-state index contributed by atoms with van der Waals surface area (Å²) in [6.45, 7) is 4.31. The van der Waals surface area contributed by atoms with Crippen molar-refractivity contribution in [3.8, 4) is 0 Å². The number of nitrogens with one attached hydrogen (secondary N) is 2. The SMILES string of the molecule is C[C@]12CCC(=N)C(c3ccccc3)C1C(=N)CC1C2CC[C@]2(C)C(=O)C(F)CC12. The number of ketones is 1. The van der Waals surface area contributed by atoms with Gasteiger partial charge in [-0.15, -0.1) is 0 Å². The Labute approximate surface area is 172 Å². The number of hydrogen-bond acceptors (Lipinski definition) is 3. The molecule has 2 N–H and O–H groups in total. The Kier molecular flexibility index (Phi) is 4.18. The van der Waals surface area contributed by atoms with Crippen molar-refractivity contribution in [3.05, 3.63) is 35.9 Å². The van der Waals surface area contributed by atoms with Gasteiger partial charge in [0.25, 0.3) is 0 Å². The van der Waals surface area contributed by atoms with Crippen LogP contribution in [-0.4, -0.2) is 23.4 Å². The lowest BCUT2D eigenvalue weighted by atomic mass is 9.43. The van der Waals surface area contributed by atoms with Crippen molar-refractivity contribution in [2.45, 2.75) is 64.5 Å². The van der Waals surface area contributed by atoms with Crippen LogP contribution in [-0.2, 0) is 4.79 Å². The highest BCUT2D eigenvalue weighted by molar-refractivity contribution is 5.98. The van der Waals surface area contributed by atoms with E-state index in [-0.39, 0.29) is 34.9 Å². The number of carbonyl (C=O) groups excluding carboxylic acids is 1. The molecule has 3 nitrogen and oxygen atoms in total. The second-order valence-corrected chi connectivity index (χ2v) is 10.5. The number of hydrogen-bond donors (Lipinski definition) is 2. The van der Waals surface area contributed by atoms with Gasteiger partial charge in [0.1, 0.15) is 0 Å². The van der Waals surface area contributed by atoms with Gasteiger partial charge < -0.3 is 10.8 Å². The smallest absolute Gasteiger partial charge is 0.173 e. The summed E-state index contributed by atoms with van der Waals surface area (Å²) in [4.78, 5) is 12.6. The summed E-state index contributed by atoms with van der Waals surface area (Å²) in [6, 6.07) is 10.3. The molecule has 4 saturated carbocycles. The van der Waals surface area contributed by atoms with Gasteiger partial charge >= 0.3 is 0 Å². The topological polar surface area (TPSA) is 64.8 Å². The fourth-order valence-electron chi connectivity index (χ4n) is 7.89. The fraction of sp³-hybridized carbons (Fsp3) is 0.640. The highest BCUT2D eigenvalue weighted by Gasteiger charge is 2.64. The van der Waals surface area contributed by atoms with Gasteiger partial charge in [-0.1, -0.05) is 44.2 Å². The predicted octanol–water partition coefficient (Wildman–Crippen LogP) is 5.59. The van der Waals surface area contributed by atoms with Crippen molar-refractivity contribution in [1.29, 1.82) is 10.8 Å². The fourth-order valence-corrected chi connectivity index (χ4v) is 7.89. The summed E-state index contributed by atoms with van der Waals surface area (Å²) < 4.78 is 14.5. The molecule has 4 aliphatic carbocycles. The molecule has 1 aromatic rings. The summed E-state index contributed by atoms with van der Waals surface area (Å²) >= 11 is 0. The minimum absolute atomic E-state index is 0.0177. The highest BCUT2D eigenvalue weighted by atomic mass is 19.1. The normalized spacial score (nSPS) is 46.8. The van der Waals surface area contributed by atoms with Crippen LogP contribution in [0, 0.1) is 45.3 Å². The quantitative estimate of drug-likeness (QED) is 0.641. The number of fused-ring (bicyclic) bond motifs is 5. The summed E-state index contributed by atoms with van der Waals surface area (Å²) in [5, 5.41) is 17.8. The lowest BCUT2D eigenvalue weighted by molar-refractivity contribution is -0.135. The Morgan fingerprint density at radius 2 is 1.76 bits per heavy atom. The molecule has 0 aliphatic heterocycles. The Morgan fingerprint density at radius 3 is 2.48 bits per heavy atom. The van der Waals surface area contributed by atoms with Crippen LogP contribution in [0.4, 0.5) is 4.39 Å². The Hall–Kier alpha value is -1.84. The summed E-state index contributed by atoms with van der Waals surface area (Å²) in [5.74, 6) is 0.560. The molecule has 0 amide bonds. The minimum atomic E-state index is -1.32. The molecular weight excluding hydrogens is 363 g/mol. The first-order valence-corrected chi connectivity index (χ1v) is 11.2. The number of halogens is 1. The van der Waals surface area contributed by atoms with Crippen molar-refractivity contribution in [3.63, 3.8) is 0 Å². The third kappa shape index (κ3) is 2.50. The predicted molar refractivity (Wildman–Crippen MR) is 112 cm³/mol. The summed E-state index contributed by atoms with van der Waals surface area (Å²) in [7, 11) is 0. The maximum atomic E-state index is 14.5.